The number of pyridine rings is 1. The number of nitrogens with one attached hydrogen (secondary N) is 1. The average molecular weight is 270 g/mol. The van der Waals surface area contributed by atoms with Gasteiger partial charge in [0, 0.05) is 18.8 Å². The number of carbonyl (C=O) groups excluding carboxylic acids is 1. The van der Waals surface area contributed by atoms with Gasteiger partial charge >= 0.3 is 5.97 Å². The summed E-state index contributed by atoms with van der Waals surface area (Å²) in [4.78, 5) is 26.7. The summed E-state index contributed by atoms with van der Waals surface area (Å²) in [5.74, 6) is -1.08. The minimum absolute atomic E-state index is 0.0230. The summed E-state index contributed by atoms with van der Waals surface area (Å²) in [5, 5.41) is 11.3. The van der Waals surface area contributed by atoms with Crippen LogP contribution in [0.5, 0.6) is 0 Å². The summed E-state index contributed by atoms with van der Waals surface area (Å²) in [6.45, 7) is 0. The average Bonchev–Trinajstić information content (AvgIpc) is 2.46. The minimum Gasteiger partial charge on any atom is -0.481 e. The molecule has 0 aliphatic heterocycles. The number of carbonyl (C=O) groups is 2. The van der Waals surface area contributed by atoms with Gasteiger partial charge in [-0.15, -0.1) is 0 Å². The van der Waals surface area contributed by atoms with Gasteiger partial charge in [0.25, 0.3) is 5.91 Å². The molecule has 5 heteroatoms. The summed E-state index contributed by atoms with van der Waals surface area (Å²) in [7, 11) is 1.56. The van der Waals surface area contributed by atoms with Crippen LogP contribution in [0.4, 0.5) is 0 Å². The van der Waals surface area contributed by atoms with Crippen molar-refractivity contribution in [1.82, 2.24) is 10.3 Å². The Hall–Kier alpha value is -2.69. The molecule has 0 spiro atoms. The van der Waals surface area contributed by atoms with Crippen LogP contribution in [0, 0.1) is 0 Å². The van der Waals surface area contributed by atoms with Crippen molar-refractivity contribution in [3.8, 4) is 11.3 Å². The van der Waals surface area contributed by atoms with Gasteiger partial charge in [0.05, 0.1) is 17.7 Å². The van der Waals surface area contributed by atoms with Crippen molar-refractivity contribution in [2.75, 3.05) is 7.05 Å². The molecule has 0 aliphatic carbocycles. The van der Waals surface area contributed by atoms with Gasteiger partial charge in [-0.05, 0) is 17.7 Å². The molecular weight excluding hydrogens is 256 g/mol. The number of carboxylic acid groups (broad SMARTS) is 1. The predicted molar refractivity (Wildman–Crippen MR) is 74.4 cm³/mol. The first-order chi connectivity index (χ1) is 9.61. The molecule has 0 unspecified atom stereocenters. The quantitative estimate of drug-likeness (QED) is 0.886. The summed E-state index contributed by atoms with van der Waals surface area (Å²) in [5.41, 5.74) is 2.55. The van der Waals surface area contributed by atoms with Gasteiger partial charge in [-0.1, -0.05) is 24.3 Å². The van der Waals surface area contributed by atoms with Crippen LogP contribution < -0.4 is 5.32 Å². The number of hydrogen-bond donors (Lipinski definition) is 2. The van der Waals surface area contributed by atoms with E-state index in [0.717, 1.165) is 5.56 Å². The Morgan fingerprint density at radius 2 is 1.90 bits per heavy atom. The number of aliphatic carboxylic acids is 1. The first-order valence-corrected chi connectivity index (χ1v) is 6.10. The Balaban J connectivity index is 2.37. The third-order valence-electron chi connectivity index (χ3n) is 2.86. The second kappa shape index (κ2) is 5.97. The normalized spacial score (nSPS) is 10.1. The van der Waals surface area contributed by atoms with Crippen molar-refractivity contribution < 1.29 is 14.7 Å². The van der Waals surface area contributed by atoms with E-state index in [9.17, 15) is 9.59 Å². The molecule has 0 atom stereocenters. The number of benzene rings is 1. The molecule has 0 saturated heterocycles. The van der Waals surface area contributed by atoms with Gasteiger partial charge in [-0.2, -0.15) is 0 Å². The summed E-state index contributed by atoms with van der Waals surface area (Å²) in [6.07, 6.45) is 1.59. The Bertz CT molecular complexity index is 636. The number of carboxylic acids is 1. The molecule has 5 nitrogen and oxygen atoms in total. The molecule has 1 aromatic heterocycles. The number of rotatable bonds is 4. The molecule has 0 bridgehead atoms. The molecule has 20 heavy (non-hydrogen) atoms. The third-order valence-corrected chi connectivity index (χ3v) is 2.86. The van der Waals surface area contributed by atoms with E-state index in [1.54, 1.807) is 49.6 Å². The Morgan fingerprint density at radius 1 is 1.20 bits per heavy atom. The maximum absolute atomic E-state index is 11.8. The van der Waals surface area contributed by atoms with Crippen LogP contribution in [0.1, 0.15) is 15.9 Å². The van der Waals surface area contributed by atoms with Crippen LogP contribution in [0.25, 0.3) is 11.3 Å². The fraction of sp³-hybridized carbons (Fsp3) is 0.133. The van der Waals surface area contributed by atoms with E-state index in [1.807, 2.05) is 0 Å². The lowest BCUT2D eigenvalue weighted by molar-refractivity contribution is -0.136. The van der Waals surface area contributed by atoms with E-state index >= 15 is 0 Å². The van der Waals surface area contributed by atoms with E-state index in [0.29, 0.717) is 16.8 Å². The highest BCUT2D eigenvalue weighted by atomic mass is 16.4. The Kier molecular flexibility index (Phi) is 4.10. The smallest absolute Gasteiger partial charge is 0.307 e. The highest BCUT2D eigenvalue weighted by Crippen LogP contribution is 2.21. The summed E-state index contributed by atoms with van der Waals surface area (Å²) in [6, 6.07) is 10.4. The minimum atomic E-state index is -0.873. The number of nitrogens with zero attached hydrogens (tertiary/aromatic N) is 1. The molecule has 2 rings (SSSR count). The van der Waals surface area contributed by atoms with Gasteiger partial charge in [-0.25, -0.2) is 0 Å². The Labute approximate surface area is 116 Å². The maximum Gasteiger partial charge on any atom is 0.307 e. The van der Waals surface area contributed by atoms with Crippen molar-refractivity contribution in [2.24, 2.45) is 0 Å². The van der Waals surface area contributed by atoms with Crippen LogP contribution in [0.2, 0.25) is 0 Å². The lowest BCUT2D eigenvalue weighted by atomic mass is 10.0. The lowest BCUT2D eigenvalue weighted by Crippen LogP contribution is -2.19. The van der Waals surface area contributed by atoms with Crippen LogP contribution in [0.15, 0.2) is 42.6 Å². The maximum atomic E-state index is 11.8. The van der Waals surface area contributed by atoms with Crippen molar-refractivity contribution in [1.29, 1.82) is 0 Å². The topological polar surface area (TPSA) is 79.3 Å². The molecule has 1 amide bonds. The molecule has 0 aliphatic rings. The predicted octanol–water partition coefficient (Wildman–Crippen LogP) is 1.74. The molecule has 1 aromatic carbocycles. The van der Waals surface area contributed by atoms with Crippen LogP contribution >= 0.6 is 0 Å². The van der Waals surface area contributed by atoms with Gasteiger partial charge in [-0.3, -0.25) is 14.6 Å². The number of amides is 1. The Morgan fingerprint density at radius 3 is 2.50 bits per heavy atom. The van der Waals surface area contributed by atoms with Gasteiger partial charge in [0.1, 0.15) is 0 Å². The zero-order chi connectivity index (χ0) is 14.5. The first-order valence-electron chi connectivity index (χ1n) is 6.10. The van der Waals surface area contributed by atoms with Crippen LogP contribution in [-0.4, -0.2) is 29.0 Å². The second-order valence-electron chi connectivity index (χ2n) is 4.25. The third kappa shape index (κ3) is 3.00. The van der Waals surface area contributed by atoms with E-state index in [2.05, 4.69) is 10.3 Å². The SMILES string of the molecule is CNC(=O)c1cccnc1-c1ccc(CC(=O)O)cc1. The monoisotopic (exact) mass is 270 g/mol. The zero-order valence-corrected chi connectivity index (χ0v) is 11.0. The van der Waals surface area contributed by atoms with Gasteiger partial charge < -0.3 is 10.4 Å². The first kappa shape index (κ1) is 13.7. The number of aromatic nitrogens is 1. The fourth-order valence-corrected chi connectivity index (χ4v) is 1.91. The fourth-order valence-electron chi connectivity index (χ4n) is 1.91. The standard InChI is InChI=1S/C15H14N2O3/c1-16-15(20)12-3-2-8-17-14(12)11-6-4-10(5-7-11)9-13(18)19/h2-8H,9H2,1H3,(H,16,20)(H,18,19). The number of hydrogen-bond acceptors (Lipinski definition) is 3. The van der Waals surface area contributed by atoms with Crippen LogP contribution in [-0.2, 0) is 11.2 Å². The molecule has 102 valence electrons. The highest BCUT2D eigenvalue weighted by molar-refractivity contribution is 5.99. The van der Waals surface area contributed by atoms with E-state index in [-0.39, 0.29) is 12.3 Å². The second-order valence-corrected chi connectivity index (χ2v) is 4.25. The largest absolute Gasteiger partial charge is 0.481 e. The van der Waals surface area contributed by atoms with Crippen molar-refractivity contribution in [3.63, 3.8) is 0 Å². The molecular formula is C15H14N2O3. The lowest BCUT2D eigenvalue weighted by Gasteiger charge is -2.07. The molecule has 2 N–H and O–H groups in total. The van der Waals surface area contributed by atoms with E-state index in [1.165, 1.54) is 0 Å². The van der Waals surface area contributed by atoms with Crippen molar-refractivity contribution >= 4 is 11.9 Å². The summed E-state index contributed by atoms with van der Waals surface area (Å²) < 4.78 is 0. The molecule has 2 aromatic rings. The van der Waals surface area contributed by atoms with Crippen molar-refractivity contribution in [3.05, 3.63) is 53.7 Å². The zero-order valence-electron chi connectivity index (χ0n) is 11.0. The van der Waals surface area contributed by atoms with E-state index in [4.69, 9.17) is 5.11 Å². The molecule has 0 saturated carbocycles. The van der Waals surface area contributed by atoms with Crippen LogP contribution in [0.3, 0.4) is 0 Å². The highest BCUT2D eigenvalue weighted by Gasteiger charge is 2.12. The molecule has 0 fully saturated rings. The van der Waals surface area contributed by atoms with E-state index < -0.39 is 5.97 Å². The summed E-state index contributed by atoms with van der Waals surface area (Å²) >= 11 is 0. The van der Waals surface area contributed by atoms with Crippen molar-refractivity contribution in [2.45, 2.75) is 6.42 Å². The molecule has 0 radical (unpaired) electrons. The van der Waals surface area contributed by atoms with Gasteiger partial charge in [0.15, 0.2) is 0 Å². The molecule has 1 heterocycles. The van der Waals surface area contributed by atoms with Gasteiger partial charge in [0.2, 0.25) is 0 Å².